The number of nitrogens with zero attached hydrogens (tertiary/aromatic N) is 3. The molecular weight excluding hydrogens is 715 g/mol. The first-order chi connectivity index (χ1) is 27.1. The molecule has 7 heteroatoms. The zero-order valence-corrected chi connectivity index (χ0v) is 35.6. The summed E-state index contributed by atoms with van der Waals surface area (Å²) in [5.74, 6) is 1.76. The first-order valence-corrected chi connectivity index (χ1v) is 23.1. The van der Waals surface area contributed by atoms with Crippen molar-refractivity contribution in [1.82, 2.24) is 15.0 Å². The van der Waals surface area contributed by atoms with E-state index in [9.17, 15) is 0 Å². The van der Waals surface area contributed by atoms with Crippen LogP contribution in [0.3, 0.4) is 0 Å². The van der Waals surface area contributed by atoms with Crippen LogP contribution in [-0.4, -0.2) is 28.2 Å². The highest BCUT2D eigenvalue weighted by Gasteiger charge is 2.17. The second kappa shape index (κ2) is 24.1. The standard InChI is InChI=1S/C48H65N3O2S2/c1-5-9-12-15-18-21-32-51-49-47-41(45-25-24-35-54-45)29-30-42(48(47)50-51)46-31-28-40(55-46)27-26-39-37-43(52-33-22-19-16-13-10-6-2)38(8-4)36-44(39)53-34-23-20-17-14-11-7-3/h8,24-31,35-37H,4-7,9-23,32-34H2,1-3H3/b27-26+. The van der Waals surface area contributed by atoms with E-state index in [4.69, 9.17) is 19.7 Å². The lowest BCUT2D eigenvalue weighted by molar-refractivity contribution is 0.295. The monoisotopic (exact) mass is 779 g/mol. The van der Waals surface area contributed by atoms with Gasteiger partial charge in [0.2, 0.25) is 0 Å². The Labute approximate surface area is 339 Å². The topological polar surface area (TPSA) is 49.2 Å². The number of hydrogen-bond acceptors (Lipinski definition) is 6. The van der Waals surface area contributed by atoms with E-state index in [0.29, 0.717) is 13.2 Å². The van der Waals surface area contributed by atoms with E-state index >= 15 is 0 Å². The molecule has 0 bridgehead atoms. The average Bonchev–Trinajstić information content (AvgIpc) is 4.00. The Morgan fingerprint density at radius 2 is 1.15 bits per heavy atom. The van der Waals surface area contributed by atoms with Gasteiger partial charge in [-0.25, -0.2) is 0 Å². The Balaban J connectivity index is 1.35. The van der Waals surface area contributed by atoms with Gasteiger partial charge in [-0.15, -0.1) is 22.7 Å². The average molecular weight is 780 g/mol. The summed E-state index contributed by atoms with van der Waals surface area (Å²) in [6.07, 6.45) is 28.6. The third-order valence-electron chi connectivity index (χ3n) is 10.3. The highest BCUT2D eigenvalue weighted by molar-refractivity contribution is 7.16. The number of aryl methyl sites for hydroxylation is 1. The first kappa shape index (κ1) is 42.5. The second-order valence-corrected chi connectivity index (χ2v) is 16.9. The predicted molar refractivity (Wildman–Crippen MR) is 241 cm³/mol. The smallest absolute Gasteiger partial charge is 0.127 e. The largest absolute Gasteiger partial charge is 0.493 e. The Kier molecular flexibility index (Phi) is 18.6. The number of ether oxygens (including phenoxy) is 2. The van der Waals surface area contributed by atoms with Gasteiger partial charge in [0, 0.05) is 36.9 Å². The highest BCUT2D eigenvalue weighted by Crippen LogP contribution is 2.39. The van der Waals surface area contributed by atoms with Gasteiger partial charge >= 0.3 is 0 Å². The lowest BCUT2D eigenvalue weighted by Crippen LogP contribution is -2.03. The minimum Gasteiger partial charge on any atom is -0.493 e. The molecule has 3 aromatic heterocycles. The molecule has 0 spiro atoms. The zero-order valence-electron chi connectivity index (χ0n) is 34.0. The van der Waals surface area contributed by atoms with Crippen LogP contribution in [-0.2, 0) is 6.54 Å². The fourth-order valence-electron chi connectivity index (χ4n) is 7.02. The van der Waals surface area contributed by atoms with Crippen LogP contribution in [0.5, 0.6) is 11.5 Å². The number of benzene rings is 2. The van der Waals surface area contributed by atoms with Crippen molar-refractivity contribution in [3.63, 3.8) is 0 Å². The van der Waals surface area contributed by atoms with Crippen molar-refractivity contribution in [1.29, 1.82) is 0 Å². The van der Waals surface area contributed by atoms with Gasteiger partial charge < -0.3 is 9.47 Å². The molecule has 0 saturated heterocycles. The van der Waals surface area contributed by atoms with Gasteiger partial charge in [0.05, 0.1) is 19.8 Å². The molecule has 0 saturated carbocycles. The number of unbranched alkanes of at least 4 members (excludes halogenated alkanes) is 15. The van der Waals surface area contributed by atoms with Crippen molar-refractivity contribution in [2.75, 3.05) is 13.2 Å². The summed E-state index contributed by atoms with van der Waals surface area (Å²) in [6.45, 7) is 13.2. The van der Waals surface area contributed by atoms with Crippen LogP contribution >= 0.6 is 22.7 Å². The Morgan fingerprint density at radius 3 is 1.73 bits per heavy atom. The minimum atomic E-state index is 0.710. The number of aromatic nitrogens is 3. The minimum absolute atomic E-state index is 0.710. The fraction of sp³-hybridized carbons (Fsp3) is 0.500. The molecule has 0 fully saturated rings. The van der Waals surface area contributed by atoms with E-state index in [1.807, 2.05) is 10.9 Å². The van der Waals surface area contributed by atoms with Gasteiger partial charge in [-0.05, 0) is 67.1 Å². The van der Waals surface area contributed by atoms with Crippen LogP contribution in [0.25, 0.3) is 50.1 Å². The van der Waals surface area contributed by atoms with Gasteiger partial charge in [0.1, 0.15) is 22.5 Å². The number of hydrogen-bond donors (Lipinski definition) is 0. The summed E-state index contributed by atoms with van der Waals surface area (Å²) in [6, 6.07) is 17.4. The van der Waals surface area contributed by atoms with E-state index in [1.165, 1.54) is 111 Å². The quantitative estimate of drug-likeness (QED) is 0.0474. The summed E-state index contributed by atoms with van der Waals surface area (Å²) >= 11 is 3.54. The van der Waals surface area contributed by atoms with Crippen molar-refractivity contribution >= 4 is 51.9 Å². The van der Waals surface area contributed by atoms with Crippen LogP contribution in [0.4, 0.5) is 0 Å². The third-order valence-corrected chi connectivity index (χ3v) is 12.3. The molecule has 5 rings (SSSR count). The van der Waals surface area contributed by atoms with E-state index in [-0.39, 0.29) is 0 Å². The molecule has 2 aromatic carbocycles. The molecule has 0 unspecified atom stereocenters. The van der Waals surface area contributed by atoms with Crippen molar-refractivity contribution in [3.8, 4) is 32.4 Å². The molecule has 0 N–H and O–H groups in total. The maximum Gasteiger partial charge on any atom is 0.127 e. The van der Waals surface area contributed by atoms with Gasteiger partial charge in [0.15, 0.2) is 0 Å². The Bertz CT molecular complexity index is 1870. The van der Waals surface area contributed by atoms with E-state index in [1.54, 1.807) is 22.7 Å². The number of rotatable bonds is 28. The normalized spacial score (nSPS) is 11.6. The van der Waals surface area contributed by atoms with Crippen LogP contribution in [0.1, 0.15) is 152 Å². The molecule has 0 radical (unpaired) electrons. The molecular formula is C48H65N3O2S2. The Morgan fingerprint density at radius 1 is 0.600 bits per heavy atom. The summed E-state index contributed by atoms with van der Waals surface area (Å²) in [7, 11) is 0. The van der Waals surface area contributed by atoms with Crippen molar-refractivity contribution in [2.45, 2.75) is 143 Å². The summed E-state index contributed by atoms with van der Waals surface area (Å²) < 4.78 is 12.8. The maximum atomic E-state index is 6.46. The molecule has 0 aliphatic rings. The summed E-state index contributed by atoms with van der Waals surface area (Å²) in [5.41, 5.74) is 6.28. The molecule has 0 aliphatic carbocycles. The molecule has 296 valence electrons. The van der Waals surface area contributed by atoms with Crippen molar-refractivity contribution < 1.29 is 9.47 Å². The summed E-state index contributed by atoms with van der Waals surface area (Å²) in [4.78, 5) is 5.53. The van der Waals surface area contributed by atoms with Gasteiger partial charge in [0.25, 0.3) is 0 Å². The highest BCUT2D eigenvalue weighted by atomic mass is 32.1. The van der Waals surface area contributed by atoms with E-state index in [2.05, 4.69) is 93.4 Å². The molecule has 5 nitrogen and oxygen atoms in total. The van der Waals surface area contributed by atoms with E-state index in [0.717, 1.165) is 70.6 Å². The predicted octanol–water partition coefficient (Wildman–Crippen LogP) is 15.5. The number of fused-ring (bicyclic) bond motifs is 1. The molecule has 55 heavy (non-hydrogen) atoms. The maximum absolute atomic E-state index is 6.46. The van der Waals surface area contributed by atoms with Crippen LogP contribution < -0.4 is 9.47 Å². The summed E-state index contributed by atoms with van der Waals surface area (Å²) in [5, 5.41) is 12.3. The lowest BCUT2D eigenvalue weighted by Gasteiger charge is -2.15. The fourth-order valence-corrected chi connectivity index (χ4v) is 8.71. The first-order valence-electron chi connectivity index (χ1n) is 21.4. The van der Waals surface area contributed by atoms with Gasteiger partial charge in [-0.2, -0.15) is 15.0 Å². The SMILES string of the molecule is C=Cc1cc(OCCCCCCCC)c(/C=C/c2ccc(-c3ccc(-c4cccs4)c4nn(CCCCCCCC)nc34)s2)cc1OCCCCCCCC. The number of thiophene rings is 2. The molecule has 0 atom stereocenters. The molecule has 0 aliphatic heterocycles. The zero-order chi connectivity index (χ0) is 38.5. The van der Waals surface area contributed by atoms with Crippen LogP contribution in [0, 0.1) is 0 Å². The molecule has 3 heterocycles. The van der Waals surface area contributed by atoms with Crippen molar-refractivity contribution in [3.05, 3.63) is 76.5 Å². The van der Waals surface area contributed by atoms with Gasteiger partial charge in [-0.1, -0.05) is 148 Å². The van der Waals surface area contributed by atoms with Crippen LogP contribution in [0.15, 0.2) is 60.5 Å². The second-order valence-electron chi connectivity index (χ2n) is 14.8. The van der Waals surface area contributed by atoms with E-state index < -0.39 is 0 Å². The molecule has 0 amide bonds. The Hall–Kier alpha value is -3.68. The van der Waals surface area contributed by atoms with Gasteiger partial charge in [-0.3, -0.25) is 0 Å². The lowest BCUT2D eigenvalue weighted by atomic mass is 10.1. The molecule has 5 aromatic rings. The third kappa shape index (κ3) is 13.2. The van der Waals surface area contributed by atoms with Crippen molar-refractivity contribution in [2.24, 2.45) is 0 Å². The van der Waals surface area contributed by atoms with Crippen LogP contribution in [0.2, 0.25) is 0 Å².